The molecule has 1 saturated heterocycles. The standard InChI is InChI=1S/C23H25ClN4O4S/c1-30-19-11-17(12-20(13-19)31-2)22-25-26-23(32-22)33-15-21(29)28-9-7-27(8-10-28)14-16-3-5-18(24)6-4-16/h3-6,11-13H,7-10,14-15H2,1-2H3. The molecule has 174 valence electrons. The zero-order valence-electron chi connectivity index (χ0n) is 18.5. The summed E-state index contributed by atoms with van der Waals surface area (Å²) in [5.41, 5.74) is 1.91. The van der Waals surface area contributed by atoms with E-state index in [9.17, 15) is 4.79 Å². The van der Waals surface area contributed by atoms with Crippen molar-refractivity contribution in [2.45, 2.75) is 11.8 Å². The smallest absolute Gasteiger partial charge is 0.277 e. The number of hydrogen-bond acceptors (Lipinski definition) is 8. The minimum Gasteiger partial charge on any atom is -0.497 e. The number of nitrogens with zero attached hydrogens (tertiary/aromatic N) is 4. The van der Waals surface area contributed by atoms with Gasteiger partial charge in [0.2, 0.25) is 11.8 Å². The zero-order chi connectivity index (χ0) is 23.2. The molecule has 0 N–H and O–H groups in total. The Bertz CT molecular complexity index is 1060. The molecule has 33 heavy (non-hydrogen) atoms. The van der Waals surface area contributed by atoms with Gasteiger partial charge < -0.3 is 18.8 Å². The van der Waals surface area contributed by atoms with Crippen LogP contribution in [0.5, 0.6) is 11.5 Å². The van der Waals surface area contributed by atoms with Gasteiger partial charge in [0, 0.05) is 49.4 Å². The van der Waals surface area contributed by atoms with Gasteiger partial charge in [0.15, 0.2) is 0 Å². The van der Waals surface area contributed by atoms with Crippen molar-refractivity contribution in [3.63, 3.8) is 0 Å². The highest BCUT2D eigenvalue weighted by atomic mass is 35.5. The van der Waals surface area contributed by atoms with Gasteiger partial charge in [-0.25, -0.2) is 0 Å². The van der Waals surface area contributed by atoms with E-state index < -0.39 is 0 Å². The van der Waals surface area contributed by atoms with Crippen LogP contribution in [0, 0.1) is 0 Å². The van der Waals surface area contributed by atoms with Crippen molar-refractivity contribution in [3.8, 4) is 23.0 Å². The van der Waals surface area contributed by atoms with E-state index in [1.54, 1.807) is 32.4 Å². The Morgan fingerprint density at radius 1 is 1.03 bits per heavy atom. The summed E-state index contributed by atoms with van der Waals surface area (Å²) in [5, 5.41) is 9.24. The van der Waals surface area contributed by atoms with Crippen LogP contribution in [0.2, 0.25) is 5.02 Å². The minimum absolute atomic E-state index is 0.0638. The molecule has 1 aromatic heterocycles. The van der Waals surface area contributed by atoms with Crippen LogP contribution < -0.4 is 9.47 Å². The van der Waals surface area contributed by atoms with E-state index in [1.165, 1.54) is 17.3 Å². The average Bonchev–Trinajstić information content (AvgIpc) is 3.33. The predicted octanol–water partition coefficient (Wildman–Crippen LogP) is 3.84. The lowest BCUT2D eigenvalue weighted by atomic mass is 10.2. The van der Waals surface area contributed by atoms with E-state index >= 15 is 0 Å². The number of rotatable bonds is 8. The van der Waals surface area contributed by atoms with E-state index in [1.807, 2.05) is 29.2 Å². The van der Waals surface area contributed by atoms with Crippen molar-refractivity contribution in [2.24, 2.45) is 0 Å². The first kappa shape index (κ1) is 23.4. The number of carbonyl (C=O) groups is 1. The third-order valence-corrected chi connectivity index (χ3v) is 6.42. The minimum atomic E-state index is 0.0638. The molecule has 2 aromatic carbocycles. The van der Waals surface area contributed by atoms with Crippen LogP contribution in [0.3, 0.4) is 0 Å². The first-order chi connectivity index (χ1) is 16.0. The van der Waals surface area contributed by atoms with Gasteiger partial charge in [-0.2, -0.15) is 0 Å². The van der Waals surface area contributed by atoms with Gasteiger partial charge in [-0.3, -0.25) is 9.69 Å². The van der Waals surface area contributed by atoms with E-state index in [0.29, 0.717) is 41.3 Å². The van der Waals surface area contributed by atoms with Gasteiger partial charge in [0.25, 0.3) is 5.22 Å². The van der Waals surface area contributed by atoms with Gasteiger partial charge in [-0.15, -0.1) is 10.2 Å². The molecule has 8 nitrogen and oxygen atoms in total. The van der Waals surface area contributed by atoms with Gasteiger partial charge >= 0.3 is 0 Å². The Labute approximate surface area is 201 Å². The fourth-order valence-electron chi connectivity index (χ4n) is 3.53. The number of benzene rings is 2. The Kier molecular flexibility index (Phi) is 7.74. The Morgan fingerprint density at radius 2 is 1.70 bits per heavy atom. The van der Waals surface area contributed by atoms with Gasteiger partial charge in [-0.1, -0.05) is 35.5 Å². The average molecular weight is 489 g/mol. The molecule has 0 aliphatic carbocycles. The Balaban J connectivity index is 1.27. The molecule has 1 aliphatic rings. The first-order valence-corrected chi connectivity index (χ1v) is 11.8. The summed E-state index contributed by atoms with van der Waals surface area (Å²) in [7, 11) is 3.16. The van der Waals surface area contributed by atoms with Gasteiger partial charge in [0.1, 0.15) is 11.5 Å². The Morgan fingerprint density at radius 3 is 2.33 bits per heavy atom. The molecule has 4 rings (SSSR count). The second-order valence-electron chi connectivity index (χ2n) is 7.55. The number of thioether (sulfide) groups is 1. The summed E-state index contributed by atoms with van der Waals surface area (Å²) >= 11 is 7.20. The highest BCUT2D eigenvalue weighted by Crippen LogP contribution is 2.30. The lowest BCUT2D eigenvalue weighted by Gasteiger charge is -2.34. The number of amides is 1. The van der Waals surface area contributed by atoms with Crippen LogP contribution in [0.4, 0.5) is 0 Å². The van der Waals surface area contributed by atoms with Crippen molar-refractivity contribution in [1.29, 1.82) is 0 Å². The molecule has 1 aliphatic heterocycles. The van der Waals surface area contributed by atoms with Gasteiger partial charge in [-0.05, 0) is 29.8 Å². The quantitative estimate of drug-likeness (QED) is 0.442. The first-order valence-electron chi connectivity index (χ1n) is 10.5. The molecule has 0 saturated carbocycles. The van der Waals surface area contributed by atoms with Crippen molar-refractivity contribution in [1.82, 2.24) is 20.0 Å². The maximum atomic E-state index is 12.7. The number of hydrogen-bond donors (Lipinski definition) is 0. The molecule has 0 bridgehead atoms. The monoisotopic (exact) mass is 488 g/mol. The van der Waals surface area contributed by atoms with Crippen LogP contribution in [-0.4, -0.2) is 72.1 Å². The van der Waals surface area contributed by atoms with Crippen LogP contribution in [-0.2, 0) is 11.3 Å². The van der Waals surface area contributed by atoms with E-state index in [4.69, 9.17) is 25.5 Å². The predicted molar refractivity (Wildman–Crippen MR) is 127 cm³/mol. The van der Waals surface area contributed by atoms with Crippen LogP contribution in [0.1, 0.15) is 5.56 Å². The molecular weight excluding hydrogens is 464 g/mol. The molecule has 0 radical (unpaired) electrons. The molecule has 2 heterocycles. The van der Waals surface area contributed by atoms with Crippen molar-refractivity contribution >= 4 is 29.3 Å². The summed E-state index contributed by atoms with van der Waals surface area (Å²) in [4.78, 5) is 16.9. The lowest BCUT2D eigenvalue weighted by molar-refractivity contribution is -0.130. The number of aromatic nitrogens is 2. The molecule has 1 amide bonds. The largest absolute Gasteiger partial charge is 0.497 e. The van der Waals surface area contributed by atoms with Crippen molar-refractivity contribution in [3.05, 3.63) is 53.1 Å². The van der Waals surface area contributed by atoms with Crippen LogP contribution >= 0.6 is 23.4 Å². The van der Waals surface area contributed by atoms with E-state index in [-0.39, 0.29) is 11.7 Å². The lowest BCUT2D eigenvalue weighted by Crippen LogP contribution is -2.48. The summed E-state index contributed by atoms with van der Waals surface area (Å²) in [5.74, 6) is 1.91. The maximum Gasteiger partial charge on any atom is 0.277 e. The van der Waals surface area contributed by atoms with Crippen LogP contribution in [0.25, 0.3) is 11.5 Å². The molecule has 0 atom stereocenters. The topological polar surface area (TPSA) is 80.9 Å². The van der Waals surface area contributed by atoms with Gasteiger partial charge in [0.05, 0.1) is 20.0 Å². The molecule has 1 fully saturated rings. The van der Waals surface area contributed by atoms with E-state index in [0.717, 1.165) is 24.7 Å². The number of ether oxygens (including phenoxy) is 2. The summed E-state index contributed by atoms with van der Waals surface area (Å²) in [6.45, 7) is 3.92. The molecule has 0 spiro atoms. The molecule has 10 heteroatoms. The van der Waals surface area contributed by atoms with Crippen molar-refractivity contribution in [2.75, 3.05) is 46.2 Å². The zero-order valence-corrected chi connectivity index (χ0v) is 20.1. The molecule has 0 unspecified atom stereocenters. The highest BCUT2D eigenvalue weighted by Gasteiger charge is 2.22. The normalized spacial score (nSPS) is 14.3. The van der Waals surface area contributed by atoms with Crippen molar-refractivity contribution < 1.29 is 18.7 Å². The summed E-state index contributed by atoms with van der Waals surface area (Å²) in [6, 6.07) is 13.2. The second-order valence-corrected chi connectivity index (χ2v) is 8.91. The third kappa shape index (κ3) is 6.19. The summed E-state index contributed by atoms with van der Waals surface area (Å²) in [6.07, 6.45) is 0. The fourth-order valence-corrected chi connectivity index (χ4v) is 4.33. The Hall–Kier alpha value is -2.75. The molecule has 3 aromatic rings. The van der Waals surface area contributed by atoms with E-state index in [2.05, 4.69) is 15.1 Å². The maximum absolute atomic E-state index is 12.7. The van der Waals surface area contributed by atoms with Crippen LogP contribution in [0.15, 0.2) is 52.1 Å². The third-order valence-electron chi connectivity index (χ3n) is 5.37. The molecular formula is C23H25ClN4O4S. The number of carbonyl (C=O) groups excluding carboxylic acids is 1. The number of piperazine rings is 1. The number of methoxy groups -OCH3 is 2. The summed E-state index contributed by atoms with van der Waals surface area (Å²) < 4.78 is 16.3. The fraction of sp³-hybridized carbons (Fsp3) is 0.348. The SMILES string of the molecule is COc1cc(OC)cc(-c2nnc(SCC(=O)N3CCN(Cc4ccc(Cl)cc4)CC3)o2)c1. The number of halogens is 1. The second kappa shape index (κ2) is 10.9. The highest BCUT2D eigenvalue weighted by molar-refractivity contribution is 7.99.